The molecule has 1 spiro atoms. The third-order valence-corrected chi connectivity index (χ3v) is 4.22. The summed E-state index contributed by atoms with van der Waals surface area (Å²) in [5, 5.41) is 0. The van der Waals surface area contributed by atoms with Gasteiger partial charge in [-0.3, -0.25) is 0 Å². The lowest BCUT2D eigenvalue weighted by atomic mass is 9.75. The third-order valence-electron chi connectivity index (χ3n) is 4.22. The molecule has 0 aromatic rings. The second-order valence-electron chi connectivity index (χ2n) is 4.52. The normalized spacial score (nSPS) is 39.3. The number of hydrogen-bond donors (Lipinski definition) is 1. The Kier molecular flexibility index (Phi) is 1.05. The fourth-order valence-electron chi connectivity index (χ4n) is 3.13. The van der Waals surface area contributed by atoms with E-state index in [1.807, 2.05) is 0 Å². The number of nitrogens with two attached hydrogens (primary N) is 1. The Bertz CT molecular complexity index is 156. The smallest absolute Gasteiger partial charge is 0.00380 e. The number of rotatable bonds is 1. The van der Waals surface area contributed by atoms with Crippen molar-refractivity contribution in [3.8, 4) is 0 Å². The molecule has 2 rings (SSSR count). The lowest BCUT2D eigenvalue weighted by molar-refractivity contribution is 0.214. The standard InChI is InChI=1S/C9H17N/c1-8(2)7(6-10)9(8)4-3-5-9/h7H,3-6,10H2,1-2H3. The van der Waals surface area contributed by atoms with Gasteiger partial charge in [0.2, 0.25) is 0 Å². The van der Waals surface area contributed by atoms with E-state index in [2.05, 4.69) is 13.8 Å². The van der Waals surface area contributed by atoms with Crippen LogP contribution in [0.2, 0.25) is 0 Å². The molecule has 0 aromatic heterocycles. The van der Waals surface area contributed by atoms with Gasteiger partial charge in [-0.2, -0.15) is 0 Å². The SMILES string of the molecule is CC1(C)C(CN)C12CCC2. The van der Waals surface area contributed by atoms with Gasteiger partial charge in [-0.1, -0.05) is 20.3 Å². The lowest BCUT2D eigenvalue weighted by Gasteiger charge is -2.29. The molecule has 2 saturated carbocycles. The summed E-state index contributed by atoms with van der Waals surface area (Å²) in [4.78, 5) is 0. The van der Waals surface area contributed by atoms with E-state index in [9.17, 15) is 0 Å². The number of hydrogen-bond acceptors (Lipinski definition) is 1. The highest BCUT2D eigenvalue weighted by molar-refractivity contribution is 5.20. The van der Waals surface area contributed by atoms with Crippen molar-refractivity contribution >= 4 is 0 Å². The third kappa shape index (κ3) is 0.460. The summed E-state index contributed by atoms with van der Waals surface area (Å²) in [5.41, 5.74) is 6.99. The van der Waals surface area contributed by atoms with Crippen LogP contribution in [0, 0.1) is 16.7 Å². The second-order valence-corrected chi connectivity index (χ2v) is 4.52. The van der Waals surface area contributed by atoms with Gasteiger partial charge in [0.1, 0.15) is 0 Å². The van der Waals surface area contributed by atoms with Gasteiger partial charge in [-0.05, 0) is 36.1 Å². The van der Waals surface area contributed by atoms with Crippen LogP contribution in [0.15, 0.2) is 0 Å². The Balaban J connectivity index is 2.14. The van der Waals surface area contributed by atoms with Crippen molar-refractivity contribution in [3.05, 3.63) is 0 Å². The molecule has 2 fully saturated rings. The predicted octanol–water partition coefficient (Wildman–Crippen LogP) is 1.77. The van der Waals surface area contributed by atoms with Gasteiger partial charge < -0.3 is 5.73 Å². The monoisotopic (exact) mass is 139 g/mol. The van der Waals surface area contributed by atoms with Crippen molar-refractivity contribution < 1.29 is 0 Å². The van der Waals surface area contributed by atoms with Gasteiger partial charge in [0, 0.05) is 0 Å². The van der Waals surface area contributed by atoms with Crippen LogP contribution in [0.3, 0.4) is 0 Å². The molecule has 0 aromatic carbocycles. The van der Waals surface area contributed by atoms with Crippen molar-refractivity contribution in [3.63, 3.8) is 0 Å². The molecular weight excluding hydrogens is 122 g/mol. The predicted molar refractivity (Wildman–Crippen MR) is 42.6 cm³/mol. The van der Waals surface area contributed by atoms with Crippen LogP contribution in [0.1, 0.15) is 33.1 Å². The van der Waals surface area contributed by atoms with Crippen LogP contribution in [0.25, 0.3) is 0 Å². The maximum absolute atomic E-state index is 5.69. The molecule has 2 N–H and O–H groups in total. The van der Waals surface area contributed by atoms with Gasteiger partial charge in [-0.25, -0.2) is 0 Å². The first-order valence-electron chi connectivity index (χ1n) is 4.35. The Morgan fingerprint density at radius 2 is 2.00 bits per heavy atom. The van der Waals surface area contributed by atoms with E-state index in [1.165, 1.54) is 19.3 Å². The minimum Gasteiger partial charge on any atom is -0.330 e. The summed E-state index contributed by atoms with van der Waals surface area (Å²) in [6, 6.07) is 0. The van der Waals surface area contributed by atoms with E-state index in [0.29, 0.717) is 10.8 Å². The van der Waals surface area contributed by atoms with Crippen molar-refractivity contribution in [2.75, 3.05) is 6.54 Å². The minimum absolute atomic E-state index is 0.583. The molecule has 0 aliphatic heterocycles. The van der Waals surface area contributed by atoms with Crippen molar-refractivity contribution in [2.24, 2.45) is 22.5 Å². The zero-order chi connectivity index (χ0) is 7.41. The van der Waals surface area contributed by atoms with E-state index < -0.39 is 0 Å². The van der Waals surface area contributed by atoms with Gasteiger partial charge in [0.15, 0.2) is 0 Å². The van der Waals surface area contributed by atoms with Crippen molar-refractivity contribution in [1.82, 2.24) is 0 Å². The van der Waals surface area contributed by atoms with Gasteiger partial charge in [0.25, 0.3) is 0 Å². The van der Waals surface area contributed by atoms with Crippen LogP contribution < -0.4 is 5.73 Å². The van der Waals surface area contributed by atoms with Gasteiger partial charge in [0.05, 0.1) is 0 Å². The summed E-state index contributed by atoms with van der Waals surface area (Å²) in [7, 11) is 0. The zero-order valence-corrected chi connectivity index (χ0v) is 6.98. The maximum Gasteiger partial charge on any atom is -0.00380 e. The van der Waals surface area contributed by atoms with Crippen LogP contribution in [0.4, 0.5) is 0 Å². The molecule has 58 valence electrons. The molecule has 2 aliphatic carbocycles. The zero-order valence-electron chi connectivity index (χ0n) is 6.98. The highest BCUT2D eigenvalue weighted by atomic mass is 14.8. The first-order valence-corrected chi connectivity index (χ1v) is 4.35. The van der Waals surface area contributed by atoms with E-state index >= 15 is 0 Å². The fraction of sp³-hybridized carbons (Fsp3) is 1.00. The topological polar surface area (TPSA) is 26.0 Å². The molecule has 0 saturated heterocycles. The second kappa shape index (κ2) is 1.58. The molecule has 1 heteroatoms. The molecule has 0 heterocycles. The summed E-state index contributed by atoms with van der Waals surface area (Å²) >= 11 is 0. The quantitative estimate of drug-likeness (QED) is 0.588. The van der Waals surface area contributed by atoms with Gasteiger partial charge >= 0.3 is 0 Å². The molecular formula is C9H17N. The Hall–Kier alpha value is -0.0400. The molecule has 0 radical (unpaired) electrons. The Morgan fingerprint density at radius 3 is 2.10 bits per heavy atom. The average molecular weight is 139 g/mol. The first kappa shape index (κ1) is 6.66. The summed E-state index contributed by atoms with van der Waals surface area (Å²) in [5.74, 6) is 0.841. The summed E-state index contributed by atoms with van der Waals surface area (Å²) in [6.45, 7) is 5.67. The molecule has 10 heavy (non-hydrogen) atoms. The maximum atomic E-state index is 5.69. The van der Waals surface area contributed by atoms with E-state index in [0.717, 1.165) is 12.5 Å². The fourth-order valence-corrected chi connectivity index (χ4v) is 3.13. The van der Waals surface area contributed by atoms with Gasteiger partial charge in [-0.15, -0.1) is 0 Å². The highest BCUT2D eigenvalue weighted by Crippen LogP contribution is 2.77. The molecule has 1 unspecified atom stereocenters. The van der Waals surface area contributed by atoms with E-state index in [-0.39, 0.29) is 0 Å². The largest absolute Gasteiger partial charge is 0.330 e. The Morgan fingerprint density at radius 1 is 1.40 bits per heavy atom. The first-order chi connectivity index (χ1) is 4.65. The molecule has 1 nitrogen and oxygen atoms in total. The van der Waals surface area contributed by atoms with Crippen LogP contribution in [-0.4, -0.2) is 6.54 Å². The van der Waals surface area contributed by atoms with Crippen LogP contribution in [0.5, 0.6) is 0 Å². The molecule has 2 aliphatic rings. The van der Waals surface area contributed by atoms with E-state index in [4.69, 9.17) is 5.73 Å². The van der Waals surface area contributed by atoms with Crippen LogP contribution >= 0.6 is 0 Å². The average Bonchev–Trinajstić information content (AvgIpc) is 2.25. The Labute approximate surface area is 63.0 Å². The summed E-state index contributed by atoms with van der Waals surface area (Å²) in [6.07, 6.45) is 4.34. The lowest BCUT2D eigenvalue weighted by Crippen LogP contribution is -2.20. The van der Waals surface area contributed by atoms with Crippen molar-refractivity contribution in [2.45, 2.75) is 33.1 Å². The highest BCUT2D eigenvalue weighted by Gasteiger charge is 2.71. The van der Waals surface area contributed by atoms with E-state index in [1.54, 1.807) is 0 Å². The molecule has 0 amide bonds. The summed E-state index contributed by atoms with van der Waals surface area (Å²) < 4.78 is 0. The molecule has 1 atom stereocenters. The minimum atomic E-state index is 0.583. The molecule has 0 bridgehead atoms. The van der Waals surface area contributed by atoms with Crippen LogP contribution in [-0.2, 0) is 0 Å². The van der Waals surface area contributed by atoms with Crippen molar-refractivity contribution in [1.29, 1.82) is 0 Å².